The van der Waals surface area contributed by atoms with Crippen molar-refractivity contribution >= 4 is 17.7 Å². The molecule has 2 aromatic rings. The second-order valence-electron chi connectivity index (χ2n) is 5.65. The molecule has 1 aromatic carbocycles. The number of hydrogen-bond donors (Lipinski definition) is 1. The van der Waals surface area contributed by atoms with Crippen molar-refractivity contribution in [1.29, 1.82) is 0 Å². The Hall–Kier alpha value is -2.96. The maximum absolute atomic E-state index is 12.4. The summed E-state index contributed by atoms with van der Waals surface area (Å²) in [6, 6.07) is 5.77. The number of carbonyl (C=O) groups is 3. The Labute approximate surface area is 139 Å². The molecule has 0 fully saturated rings. The van der Waals surface area contributed by atoms with Crippen LogP contribution >= 0.6 is 0 Å². The predicted molar refractivity (Wildman–Crippen MR) is 86.3 cm³/mol. The SMILES string of the molecule is CC(C(=O)NCCCn1ccnc1)N1C(=O)c2ccccc2C1=O. The molecule has 1 N–H and O–H groups in total. The van der Waals surface area contributed by atoms with Crippen LogP contribution in [0.25, 0.3) is 0 Å². The van der Waals surface area contributed by atoms with Gasteiger partial charge in [0.2, 0.25) is 5.91 Å². The minimum absolute atomic E-state index is 0.338. The van der Waals surface area contributed by atoms with Crippen LogP contribution in [0.3, 0.4) is 0 Å². The zero-order valence-corrected chi connectivity index (χ0v) is 13.3. The van der Waals surface area contributed by atoms with Gasteiger partial charge in [0.1, 0.15) is 6.04 Å². The van der Waals surface area contributed by atoms with Gasteiger partial charge in [-0.1, -0.05) is 12.1 Å². The molecule has 0 aliphatic carbocycles. The second kappa shape index (κ2) is 6.66. The molecule has 7 nitrogen and oxygen atoms in total. The lowest BCUT2D eigenvalue weighted by molar-refractivity contribution is -0.124. The first-order valence-electron chi connectivity index (χ1n) is 7.80. The van der Waals surface area contributed by atoms with Crippen LogP contribution in [0.2, 0.25) is 0 Å². The third kappa shape index (κ3) is 2.92. The number of amides is 3. The van der Waals surface area contributed by atoms with Gasteiger partial charge in [-0.25, -0.2) is 4.98 Å². The number of aryl methyl sites for hydroxylation is 1. The molecule has 7 heteroatoms. The van der Waals surface area contributed by atoms with Crippen LogP contribution in [0, 0.1) is 0 Å². The van der Waals surface area contributed by atoms with Crippen LogP contribution in [0.4, 0.5) is 0 Å². The second-order valence-corrected chi connectivity index (χ2v) is 5.65. The van der Waals surface area contributed by atoms with E-state index >= 15 is 0 Å². The maximum Gasteiger partial charge on any atom is 0.262 e. The zero-order chi connectivity index (χ0) is 17.1. The van der Waals surface area contributed by atoms with E-state index in [2.05, 4.69) is 10.3 Å². The first-order valence-corrected chi connectivity index (χ1v) is 7.80. The predicted octanol–water partition coefficient (Wildman–Crippen LogP) is 1.07. The molecule has 1 atom stereocenters. The highest BCUT2D eigenvalue weighted by Crippen LogP contribution is 2.24. The zero-order valence-electron chi connectivity index (χ0n) is 13.3. The van der Waals surface area contributed by atoms with Gasteiger partial charge in [0, 0.05) is 25.5 Å². The molecule has 2 heterocycles. The van der Waals surface area contributed by atoms with Gasteiger partial charge in [-0.2, -0.15) is 0 Å². The topological polar surface area (TPSA) is 84.3 Å². The van der Waals surface area contributed by atoms with Crippen LogP contribution in [0.5, 0.6) is 0 Å². The fraction of sp³-hybridized carbons (Fsp3) is 0.294. The van der Waals surface area contributed by atoms with Gasteiger partial charge in [0.15, 0.2) is 0 Å². The molecule has 0 radical (unpaired) electrons. The molecule has 1 unspecified atom stereocenters. The number of imidazole rings is 1. The quantitative estimate of drug-likeness (QED) is 0.636. The van der Waals surface area contributed by atoms with E-state index in [1.54, 1.807) is 43.7 Å². The third-order valence-electron chi connectivity index (χ3n) is 4.04. The highest BCUT2D eigenvalue weighted by atomic mass is 16.2. The first kappa shape index (κ1) is 15.9. The summed E-state index contributed by atoms with van der Waals surface area (Å²) in [6.07, 6.45) is 5.99. The van der Waals surface area contributed by atoms with Gasteiger partial charge in [-0.3, -0.25) is 19.3 Å². The Kier molecular flexibility index (Phi) is 4.41. The van der Waals surface area contributed by atoms with Crippen molar-refractivity contribution in [3.63, 3.8) is 0 Å². The number of hydrogen-bond acceptors (Lipinski definition) is 4. The molecule has 1 aliphatic heterocycles. The Morgan fingerprint density at radius 1 is 1.21 bits per heavy atom. The minimum atomic E-state index is -0.842. The summed E-state index contributed by atoms with van der Waals surface area (Å²) in [5.41, 5.74) is 0.699. The number of carbonyl (C=O) groups excluding carboxylic acids is 3. The van der Waals surface area contributed by atoms with Crippen molar-refractivity contribution in [3.8, 4) is 0 Å². The van der Waals surface area contributed by atoms with Gasteiger partial charge in [-0.05, 0) is 25.5 Å². The van der Waals surface area contributed by atoms with Gasteiger partial charge >= 0.3 is 0 Å². The molecule has 124 valence electrons. The Balaban J connectivity index is 1.56. The van der Waals surface area contributed by atoms with Gasteiger partial charge in [0.05, 0.1) is 17.5 Å². The summed E-state index contributed by atoms with van der Waals surface area (Å²) in [6.45, 7) is 2.76. The van der Waals surface area contributed by atoms with E-state index in [0.29, 0.717) is 17.7 Å². The fourth-order valence-corrected chi connectivity index (χ4v) is 2.72. The lowest BCUT2D eigenvalue weighted by Crippen LogP contribution is -2.48. The number of rotatable bonds is 6. The van der Waals surface area contributed by atoms with Gasteiger partial charge in [-0.15, -0.1) is 0 Å². The lowest BCUT2D eigenvalue weighted by Gasteiger charge is -2.21. The van der Waals surface area contributed by atoms with E-state index in [9.17, 15) is 14.4 Å². The Morgan fingerprint density at radius 3 is 2.46 bits per heavy atom. The smallest absolute Gasteiger partial charge is 0.262 e. The Bertz CT molecular complexity index is 735. The molecule has 1 aromatic heterocycles. The van der Waals surface area contributed by atoms with E-state index in [-0.39, 0.29) is 5.91 Å². The van der Waals surface area contributed by atoms with Crippen LogP contribution in [-0.2, 0) is 11.3 Å². The van der Waals surface area contributed by atoms with Crippen molar-refractivity contribution in [2.45, 2.75) is 25.9 Å². The van der Waals surface area contributed by atoms with Crippen molar-refractivity contribution in [2.24, 2.45) is 0 Å². The van der Waals surface area contributed by atoms with E-state index in [0.717, 1.165) is 17.9 Å². The van der Waals surface area contributed by atoms with Crippen molar-refractivity contribution < 1.29 is 14.4 Å². The molecular weight excluding hydrogens is 308 g/mol. The van der Waals surface area contributed by atoms with E-state index in [1.807, 2.05) is 10.8 Å². The van der Waals surface area contributed by atoms with Crippen LogP contribution in [-0.4, -0.2) is 44.8 Å². The van der Waals surface area contributed by atoms with Crippen molar-refractivity contribution in [1.82, 2.24) is 19.8 Å². The molecule has 0 saturated heterocycles. The first-order chi connectivity index (χ1) is 11.6. The number of benzene rings is 1. The van der Waals surface area contributed by atoms with Crippen LogP contribution in [0.15, 0.2) is 43.0 Å². The molecule has 1 aliphatic rings. The van der Waals surface area contributed by atoms with Gasteiger partial charge < -0.3 is 9.88 Å². The van der Waals surface area contributed by atoms with E-state index in [1.165, 1.54) is 0 Å². The lowest BCUT2D eigenvalue weighted by atomic mass is 10.1. The number of nitrogens with zero attached hydrogens (tertiary/aromatic N) is 3. The molecule has 0 bridgehead atoms. The molecule has 0 spiro atoms. The molecule has 3 rings (SSSR count). The summed E-state index contributed by atoms with van der Waals surface area (Å²) >= 11 is 0. The largest absolute Gasteiger partial charge is 0.354 e. The third-order valence-corrected chi connectivity index (χ3v) is 4.04. The highest BCUT2D eigenvalue weighted by molar-refractivity contribution is 6.22. The van der Waals surface area contributed by atoms with Crippen LogP contribution < -0.4 is 5.32 Å². The summed E-state index contributed by atoms with van der Waals surface area (Å²) in [4.78, 5) is 41.9. The number of imide groups is 1. The molecule has 24 heavy (non-hydrogen) atoms. The summed E-state index contributed by atoms with van der Waals surface area (Å²) in [5.74, 6) is -1.18. The van der Waals surface area contributed by atoms with Crippen molar-refractivity contribution in [2.75, 3.05) is 6.54 Å². The van der Waals surface area contributed by atoms with Crippen LogP contribution in [0.1, 0.15) is 34.1 Å². The number of aromatic nitrogens is 2. The minimum Gasteiger partial charge on any atom is -0.354 e. The molecular formula is C17H18N4O3. The Morgan fingerprint density at radius 2 is 1.88 bits per heavy atom. The average molecular weight is 326 g/mol. The number of nitrogens with one attached hydrogen (secondary N) is 1. The normalized spacial score (nSPS) is 14.6. The molecule has 3 amide bonds. The fourth-order valence-electron chi connectivity index (χ4n) is 2.72. The monoisotopic (exact) mass is 326 g/mol. The van der Waals surface area contributed by atoms with E-state index < -0.39 is 17.9 Å². The van der Waals surface area contributed by atoms with Crippen molar-refractivity contribution in [3.05, 3.63) is 54.1 Å². The standard InChI is InChI=1S/C17H18N4O3/c1-12(15(22)19-7-4-9-20-10-8-18-11-20)21-16(23)13-5-2-3-6-14(13)17(21)24/h2-3,5-6,8,10-12H,4,7,9H2,1H3,(H,19,22). The maximum atomic E-state index is 12.4. The van der Waals surface area contributed by atoms with E-state index in [4.69, 9.17) is 0 Å². The number of fused-ring (bicyclic) bond motifs is 1. The summed E-state index contributed by atoms with van der Waals surface area (Å²) < 4.78 is 1.92. The highest BCUT2D eigenvalue weighted by Gasteiger charge is 2.40. The average Bonchev–Trinajstić information content (AvgIpc) is 3.19. The molecule has 0 saturated carbocycles. The van der Waals surface area contributed by atoms with Gasteiger partial charge in [0.25, 0.3) is 11.8 Å². The summed E-state index contributed by atoms with van der Waals surface area (Å²) in [5, 5.41) is 2.77. The summed E-state index contributed by atoms with van der Waals surface area (Å²) in [7, 11) is 0.